The van der Waals surface area contributed by atoms with E-state index in [-0.39, 0.29) is 6.61 Å². The van der Waals surface area contributed by atoms with Crippen molar-refractivity contribution in [3.63, 3.8) is 0 Å². The van der Waals surface area contributed by atoms with E-state index < -0.39 is 0 Å². The van der Waals surface area contributed by atoms with Crippen LogP contribution in [0.2, 0.25) is 0 Å². The largest absolute Gasteiger partial charge is 0.461 e. The number of hydrogen-bond acceptors (Lipinski definition) is 4. The van der Waals surface area contributed by atoms with Crippen molar-refractivity contribution in [3.05, 3.63) is 11.9 Å². The molecule has 2 N–H and O–H groups in total. The van der Waals surface area contributed by atoms with Gasteiger partial charge in [0.05, 0.1) is 17.6 Å². The highest BCUT2D eigenvalue weighted by atomic mass is 16.5. The number of rotatable bonds is 3. The molecule has 0 aromatic carbocycles. The number of anilines is 1. The summed E-state index contributed by atoms with van der Waals surface area (Å²) in [4.78, 5) is 9.83. The van der Waals surface area contributed by atoms with Crippen LogP contribution in [0.15, 0.2) is 6.20 Å². The van der Waals surface area contributed by atoms with Gasteiger partial charge in [-0.05, 0) is 0 Å². The van der Waals surface area contributed by atoms with Gasteiger partial charge in [0, 0.05) is 7.05 Å². The summed E-state index contributed by atoms with van der Waals surface area (Å²) in [6.07, 6.45) is 1.52. The first kappa shape index (κ1) is 7.59. The van der Waals surface area contributed by atoms with Crippen molar-refractivity contribution in [1.29, 1.82) is 0 Å². The van der Waals surface area contributed by atoms with Crippen LogP contribution >= 0.6 is 0 Å². The molecule has 0 aliphatic carbocycles. The van der Waals surface area contributed by atoms with Gasteiger partial charge in [0.25, 0.3) is 6.47 Å². The van der Waals surface area contributed by atoms with Gasteiger partial charge in [-0.25, -0.2) is 0 Å². The summed E-state index contributed by atoms with van der Waals surface area (Å²) in [5, 5.41) is 3.86. The second kappa shape index (κ2) is 3.05. The Labute approximate surface area is 63.7 Å². The van der Waals surface area contributed by atoms with Crippen LogP contribution in [0.3, 0.4) is 0 Å². The zero-order chi connectivity index (χ0) is 8.27. The molecule has 1 aromatic heterocycles. The molecule has 5 heteroatoms. The molecule has 0 atom stereocenters. The molecular weight excluding hydrogens is 146 g/mol. The fraction of sp³-hybridized carbons (Fsp3) is 0.333. The lowest BCUT2D eigenvalue weighted by Crippen LogP contribution is -2.02. The monoisotopic (exact) mass is 155 g/mol. The highest BCUT2D eigenvalue weighted by molar-refractivity contribution is 5.42. The lowest BCUT2D eigenvalue weighted by Gasteiger charge is -2.00. The van der Waals surface area contributed by atoms with E-state index in [0.29, 0.717) is 17.9 Å². The van der Waals surface area contributed by atoms with Crippen LogP contribution in [0.25, 0.3) is 0 Å². The van der Waals surface area contributed by atoms with Gasteiger partial charge in [-0.15, -0.1) is 0 Å². The van der Waals surface area contributed by atoms with Crippen LogP contribution in [0.5, 0.6) is 0 Å². The van der Waals surface area contributed by atoms with Crippen LogP contribution in [0, 0.1) is 0 Å². The molecule has 1 heterocycles. The van der Waals surface area contributed by atoms with Crippen molar-refractivity contribution in [2.75, 3.05) is 5.73 Å². The van der Waals surface area contributed by atoms with Gasteiger partial charge in [0.15, 0.2) is 0 Å². The van der Waals surface area contributed by atoms with Gasteiger partial charge in [0.2, 0.25) is 0 Å². The maximum Gasteiger partial charge on any atom is 0.293 e. The minimum Gasteiger partial charge on any atom is -0.461 e. The molecule has 0 aliphatic heterocycles. The topological polar surface area (TPSA) is 70.1 Å². The number of carbonyl (C=O) groups excluding carboxylic acids is 1. The molecule has 0 aliphatic rings. The first-order valence-corrected chi connectivity index (χ1v) is 3.07. The smallest absolute Gasteiger partial charge is 0.293 e. The van der Waals surface area contributed by atoms with E-state index in [1.54, 1.807) is 11.7 Å². The molecular formula is C6H9N3O2. The molecule has 11 heavy (non-hydrogen) atoms. The molecule has 0 saturated heterocycles. The van der Waals surface area contributed by atoms with Gasteiger partial charge in [-0.1, -0.05) is 0 Å². The molecule has 0 radical (unpaired) electrons. The maximum absolute atomic E-state index is 9.83. The van der Waals surface area contributed by atoms with E-state index in [1.165, 1.54) is 6.20 Å². The molecule has 0 unspecified atom stereocenters. The van der Waals surface area contributed by atoms with Gasteiger partial charge < -0.3 is 10.5 Å². The van der Waals surface area contributed by atoms with E-state index in [2.05, 4.69) is 9.84 Å². The third-order valence-corrected chi connectivity index (χ3v) is 1.38. The molecule has 0 amide bonds. The average molecular weight is 155 g/mol. The number of nitrogen functional groups attached to an aromatic ring is 1. The fourth-order valence-electron chi connectivity index (χ4n) is 0.770. The molecule has 5 nitrogen and oxygen atoms in total. The Kier molecular flexibility index (Phi) is 2.10. The summed E-state index contributed by atoms with van der Waals surface area (Å²) in [5.41, 5.74) is 6.74. The maximum atomic E-state index is 9.83. The van der Waals surface area contributed by atoms with Gasteiger partial charge in [-0.2, -0.15) is 5.10 Å². The Balaban J connectivity index is 2.74. The molecule has 1 rings (SSSR count). The first-order valence-electron chi connectivity index (χ1n) is 3.07. The van der Waals surface area contributed by atoms with Crippen LogP contribution in [-0.4, -0.2) is 16.3 Å². The SMILES string of the molecule is Cn1ncc(N)c1COC=O. The zero-order valence-corrected chi connectivity index (χ0v) is 6.15. The second-order valence-electron chi connectivity index (χ2n) is 2.08. The summed E-state index contributed by atoms with van der Waals surface area (Å²) in [6.45, 7) is 0.554. The van der Waals surface area contributed by atoms with Crippen molar-refractivity contribution < 1.29 is 9.53 Å². The predicted molar refractivity (Wildman–Crippen MR) is 38.5 cm³/mol. The molecule has 1 aromatic rings. The normalized spacial score (nSPS) is 9.55. The highest BCUT2D eigenvalue weighted by Gasteiger charge is 2.03. The summed E-state index contributed by atoms with van der Waals surface area (Å²) in [5.74, 6) is 0. The van der Waals surface area contributed by atoms with Crippen molar-refractivity contribution in [3.8, 4) is 0 Å². The van der Waals surface area contributed by atoms with Crippen molar-refractivity contribution in [2.24, 2.45) is 7.05 Å². The number of ether oxygens (including phenoxy) is 1. The van der Waals surface area contributed by atoms with E-state index in [1.807, 2.05) is 0 Å². The van der Waals surface area contributed by atoms with Gasteiger partial charge >= 0.3 is 0 Å². The Bertz CT molecular complexity index is 237. The lowest BCUT2D eigenvalue weighted by atomic mass is 10.4. The summed E-state index contributed by atoms with van der Waals surface area (Å²) in [6, 6.07) is 0. The fourth-order valence-corrected chi connectivity index (χ4v) is 0.770. The standard InChI is InChI=1S/C6H9N3O2/c1-9-6(3-11-4-10)5(7)2-8-9/h2,4H,3,7H2,1H3. The van der Waals surface area contributed by atoms with Crippen LogP contribution < -0.4 is 5.73 Å². The van der Waals surface area contributed by atoms with Crippen molar-refractivity contribution in [2.45, 2.75) is 6.61 Å². The Morgan fingerprint density at radius 1 is 1.91 bits per heavy atom. The number of nitrogens with zero attached hydrogens (tertiary/aromatic N) is 2. The average Bonchev–Trinajstić information content (AvgIpc) is 2.29. The van der Waals surface area contributed by atoms with E-state index in [4.69, 9.17) is 5.73 Å². The lowest BCUT2D eigenvalue weighted by molar-refractivity contribution is -0.129. The minimum absolute atomic E-state index is 0.172. The molecule has 0 bridgehead atoms. The molecule has 60 valence electrons. The number of carbonyl (C=O) groups is 1. The third-order valence-electron chi connectivity index (χ3n) is 1.38. The number of nitrogens with two attached hydrogens (primary N) is 1. The highest BCUT2D eigenvalue weighted by Crippen LogP contribution is 2.09. The quantitative estimate of drug-likeness (QED) is 0.607. The molecule has 0 saturated carbocycles. The van der Waals surface area contributed by atoms with E-state index >= 15 is 0 Å². The third kappa shape index (κ3) is 1.49. The molecule has 0 spiro atoms. The Hall–Kier alpha value is -1.52. The predicted octanol–water partition coefficient (Wildman–Crippen LogP) is -0.325. The van der Waals surface area contributed by atoms with Crippen molar-refractivity contribution in [1.82, 2.24) is 9.78 Å². The van der Waals surface area contributed by atoms with E-state index in [9.17, 15) is 4.79 Å². The molecule has 0 fully saturated rings. The van der Waals surface area contributed by atoms with Crippen LogP contribution in [0.4, 0.5) is 5.69 Å². The summed E-state index contributed by atoms with van der Waals surface area (Å²) < 4.78 is 6.09. The number of hydrogen-bond donors (Lipinski definition) is 1. The minimum atomic E-state index is 0.172. The van der Waals surface area contributed by atoms with Crippen molar-refractivity contribution >= 4 is 12.2 Å². The van der Waals surface area contributed by atoms with Crippen LogP contribution in [-0.2, 0) is 23.2 Å². The van der Waals surface area contributed by atoms with Crippen LogP contribution in [0.1, 0.15) is 5.69 Å². The zero-order valence-electron chi connectivity index (χ0n) is 6.15. The van der Waals surface area contributed by atoms with E-state index in [0.717, 1.165) is 0 Å². The van der Waals surface area contributed by atoms with Gasteiger partial charge in [0.1, 0.15) is 6.61 Å². The summed E-state index contributed by atoms with van der Waals surface area (Å²) in [7, 11) is 1.74. The number of aryl methyl sites for hydroxylation is 1. The van der Waals surface area contributed by atoms with Gasteiger partial charge in [-0.3, -0.25) is 9.48 Å². The number of aromatic nitrogens is 2. The summed E-state index contributed by atoms with van der Waals surface area (Å²) >= 11 is 0. The Morgan fingerprint density at radius 2 is 2.64 bits per heavy atom. The first-order chi connectivity index (χ1) is 5.25. The Morgan fingerprint density at radius 3 is 3.09 bits per heavy atom. The second-order valence-corrected chi connectivity index (χ2v) is 2.08.